The van der Waals surface area contributed by atoms with E-state index in [0.717, 1.165) is 16.8 Å². The van der Waals surface area contributed by atoms with Gasteiger partial charge in [-0.05, 0) is 52.8 Å². The zero-order valence-electron chi connectivity index (χ0n) is 19.4. The Morgan fingerprint density at radius 3 is 2.70 bits per heavy atom. The summed E-state index contributed by atoms with van der Waals surface area (Å²) < 4.78 is 11.1. The fraction of sp³-hybridized carbons (Fsp3) is 0.458. The van der Waals surface area contributed by atoms with Gasteiger partial charge in [0, 0.05) is 24.2 Å². The lowest BCUT2D eigenvalue weighted by Crippen LogP contribution is -2.48. The Balaban J connectivity index is 1.65. The van der Waals surface area contributed by atoms with Gasteiger partial charge >= 0.3 is 0 Å². The van der Waals surface area contributed by atoms with E-state index < -0.39 is 11.7 Å². The molecule has 0 spiro atoms. The van der Waals surface area contributed by atoms with Gasteiger partial charge in [0.05, 0.1) is 22.6 Å². The molecule has 1 unspecified atom stereocenters. The molecule has 3 aromatic rings. The number of benzene rings is 1. The van der Waals surface area contributed by atoms with Gasteiger partial charge in [-0.1, -0.05) is 17.3 Å². The molecule has 0 radical (unpaired) electrons. The average Bonchev–Trinajstić information content (AvgIpc) is 3.09. The van der Waals surface area contributed by atoms with Crippen LogP contribution in [0.2, 0.25) is 0 Å². The number of aliphatic hydroxyl groups excluding tert-OH is 1. The first-order valence-corrected chi connectivity index (χ1v) is 11.1. The standard InChI is InChI=1S/C24H31N5O4/c1-14-22(15(2)33-29-14)20-9-21(26-17-10-24(3,31)11-17)28-23(27-20)16-6-5-7-19(8-16)32-13-18(30)12-25-4/h5-9,17-18,25,30-31H,10-13H2,1-4H3,(H,26,27,28)/t17-,18?,24+. The van der Waals surface area contributed by atoms with E-state index in [2.05, 4.69) is 15.8 Å². The third kappa shape index (κ3) is 5.50. The molecule has 2 aromatic heterocycles. The maximum absolute atomic E-state index is 10.1. The third-order valence-corrected chi connectivity index (χ3v) is 5.71. The Kier molecular flexibility index (Phi) is 6.64. The van der Waals surface area contributed by atoms with Gasteiger partial charge < -0.3 is 30.1 Å². The maximum Gasteiger partial charge on any atom is 0.162 e. The first kappa shape index (κ1) is 23.2. The number of ether oxygens (including phenoxy) is 1. The van der Waals surface area contributed by atoms with Crippen LogP contribution < -0.4 is 15.4 Å². The molecule has 0 bridgehead atoms. The van der Waals surface area contributed by atoms with E-state index >= 15 is 0 Å². The lowest BCUT2D eigenvalue weighted by molar-refractivity contribution is -0.0235. The number of aliphatic hydroxyl groups is 2. The fourth-order valence-electron chi connectivity index (χ4n) is 4.15. The highest BCUT2D eigenvalue weighted by Gasteiger charge is 2.38. The van der Waals surface area contributed by atoms with Crippen molar-refractivity contribution in [2.75, 3.05) is 25.5 Å². The van der Waals surface area contributed by atoms with Gasteiger partial charge in [0.1, 0.15) is 30.0 Å². The monoisotopic (exact) mass is 453 g/mol. The highest BCUT2D eigenvalue weighted by atomic mass is 16.5. The molecule has 9 nitrogen and oxygen atoms in total. The number of rotatable bonds is 9. The smallest absolute Gasteiger partial charge is 0.162 e. The largest absolute Gasteiger partial charge is 0.491 e. The second-order valence-corrected chi connectivity index (χ2v) is 8.96. The summed E-state index contributed by atoms with van der Waals surface area (Å²) in [5.74, 6) is 2.51. The predicted octanol–water partition coefficient (Wildman–Crippen LogP) is 2.70. The van der Waals surface area contributed by atoms with Crippen molar-refractivity contribution in [2.45, 2.75) is 51.4 Å². The molecule has 1 saturated carbocycles. The predicted molar refractivity (Wildman–Crippen MR) is 125 cm³/mol. The summed E-state index contributed by atoms with van der Waals surface area (Å²) in [6, 6.07) is 9.51. The topological polar surface area (TPSA) is 126 Å². The molecule has 4 N–H and O–H groups in total. The lowest BCUT2D eigenvalue weighted by atomic mass is 9.77. The molecule has 33 heavy (non-hydrogen) atoms. The van der Waals surface area contributed by atoms with E-state index in [0.29, 0.717) is 48.2 Å². The summed E-state index contributed by atoms with van der Waals surface area (Å²) in [5, 5.41) is 30.4. The summed E-state index contributed by atoms with van der Waals surface area (Å²) in [6.07, 6.45) is 0.713. The molecule has 1 fully saturated rings. The second-order valence-electron chi connectivity index (χ2n) is 8.96. The zero-order chi connectivity index (χ0) is 23.6. The van der Waals surface area contributed by atoms with Crippen LogP contribution in [-0.2, 0) is 0 Å². The van der Waals surface area contributed by atoms with Crippen LogP contribution in [0.5, 0.6) is 5.75 Å². The molecule has 9 heteroatoms. The Hall–Kier alpha value is -3.01. The fourth-order valence-corrected chi connectivity index (χ4v) is 4.15. The van der Waals surface area contributed by atoms with Crippen molar-refractivity contribution in [1.82, 2.24) is 20.4 Å². The molecule has 176 valence electrons. The Morgan fingerprint density at radius 2 is 2.03 bits per heavy atom. The van der Waals surface area contributed by atoms with Gasteiger partial charge in [-0.15, -0.1) is 0 Å². The lowest BCUT2D eigenvalue weighted by Gasteiger charge is -2.41. The number of anilines is 1. The molecule has 1 atom stereocenters. The summed E-state index contributed by atoms with van der Waals surface area (Å²) in [7, 11) is 1.78. The molecule has 1 aliphatic carbocycles. The molecular weight excluding hydrogens is 422 g/mol. The van der Waals surface area contributed by atoms with E-state index in [4.69, 9.17) is 19.2 Å². The van der Waals surface area contributed by atoms with Crippen molar-refractivity contribution < 1.29 is 19.5 Å². The van der Waals surface area contributed by atoms with Crippen molar-refractivity contribution in [3.05, 3.63) is 41.8 Å². The molecule has 0 amide bonds. The number of aryl methyl sites for hydroxylation is 2. The highest BCUT2D eigenvalue weighted by Crippen LogP contribution is 2.35. The molecule has 1 aliphatic rings. The average molecular weight is 454 g/mol. The van der Waals surface area contributed by atoms with Gasteiger partial charge in [0.2, 0.25) is 0 Å². The van der Waals surface area contributed by atoms with Crippen molar-refractivity contribution in [1.29, 1.82) is 0 Å². The molecule has 4 rings (SSSR count). The van der Waals surface area contributed by atoms with Crippen LogP contribution in [0.1, 0.15) is 31.2 Å². The van der Waals surface area contributed by atoms with Crippen LogP contribution in [0, 0.1) is 13.8 Å². The Morgan fingerprint density at radius 1 is 1.24 bits per heavy atom. The van der Waals surface area contributed by atoms with Crippen LogP contribution in [-0.4, -0.2) is 63.3 Å². The van der Waals surface area contributed by atoms with E-state index in [9.17, 15) is 10.2 Å². The summed E-state index contributed by atoms with van der Waals surface area (Å²) in [4.78, 5) is 9.54. The van der Waals surface area contributed by atoms with Crippen molar-refractivity contribution in [2.24, 2.45) is 0 Å². The number of hydrogen-bond acceptors (Lipinski definition) is 9. The van der Waals surface area contributed by atoms with Crippen molar-refractivity contribution in [3.63, 3.8) is 0 Å². The minimum atomic E-state index is -0.637. The van der Waals surface area contributed by atoms with Gasteiger partial charge in [-0.25, -0.2) is 9.97 Å². The van der Waals surface area contributed by atoms with Gasteiger partial charge in [-0.3, -0.25) is 0 Å². The SMILES string of the molecule is CNCC(O)COc1cccc(-c2nc(N[C@H]3C[C@@](C)(O)C3)cc(-c3c(C)noc3C)n2)c1. The first-order chi connectivity index (χ1) is 15.7. The maximum atomic E-state index is 10.1. The van der Waals surface area contributed by atoms with E-state index in [1.54, 1.807) is 7.05 Å². The Bertz CT molecular complexity index is 1090. The van der Waals surface area contributed by atoms with Gasteiger partial charge in [0.15, 0.2) is 5.82 Å². The second kappa shape index (κ2) is 9.46. The molecule has 0 saturated heterocycles. The number of aromatic nitrogens is 3. The van der Waals surface area contributed by atoms with Crippen molar-refractivity contribution in [3.8, 4) is 28.4 Å². The van der Waals surface area contributed by atoms with Crippen LogP contribution >= 0.6 is 0 Å². The van der Waals surface area contributed by atoms with Gasteiger partial charge in [0.25, 0.3) is 0 Å². The number of nitrogens with zero attached hydrogens (tertiary/aromatic N) is 3. The third-order valence-electron chi connectivity index (χ3n) is 5.71. The summed E-state index contributed by atoms with van der Waals surface area (Å²) in [5.41, 5.74) is 2.45. The van der Waals surface area contributed by atoms with Gasteiger partial charge in [-0.2, -0.15) is 0 Å². The number of likely N-dealkylation sites (N-methyl/N-ethyl adjacent to an activating group) is 1. The van der Waals surface area contributed by atoms with Crippen LogP contribution in [0.4, 0.5) is 5.82 Å². The molecule has 2 heterocycles. The minimum absolute atomic E-state index is 0.142. The zero-order valence-corrected chi connectivity index (χ0v) is 19.4. The first-order valence-electron chi connectivity index (χ1n) is 11.1. The van der Waals surface area contributed by atoms with Crippen LogP contribution in [0.15, 0.2) is 34.9 Å². The van der Waals surface area contributed by atoms with Crippen molar-refractivity contribution >= 4 is 5.82 Å². The summed E-state index contributed by atoms with van der Waals surface area (Å²) in [6.45, 7) is 6.21. The highest BCUT2D eigenvalue weighted by molar-refractivity contribution is 5.70. The quantitative estimate of drug-likeness (QED) is 0.387. The van der Waals surface area contributed by atoms with E-state index in [1.807, 2.05) is 51.1 Å². The summed E-state index contributed by atoms with van der Waals surface area (Å²) >= 11 is 0. The molecule has 1 aromatic carbocycles. The number of hydrogen-bond donors (Lipinski definition) is 4. The normalized spacial score (nSPS) is 20.8. The van der Waals surface area contributed by atoms with Crippen LogP contribution in [0.25, 0.3) is 22.6 Å². The van der Waals surface area contributed by atoms with E-state index in [1.165, 1.54) is 0 Å². The number of nitrogens with one attached hydrogen (secondary N) is 2. The Labute approximate surface area is 193 Å². The molecular formula is C24H31N5O4. The van der Waals surface area contributed by atoms with E-state index in [-0.39, 0.29) is 12.6 Å². The van der Waals surface area contributed by atoms with Crippen LogP contribution in [0.3, 0.4) is 0 Å². The molecule has 0 aliphatic heterocycles. The minimum Gasteiger partial charge on any atom is -0.491 e.